The minimum absolute atomic E-state index is 0.0966. The number of aromatic hydroxyl groups is 1. The largest absolute Gasteiger partial charge is 0.508 e. The molecule has 4 heteroatoms. The number of hydrogen-bond donors (Lipinski definition) is 2. The van der Waals surface area contributed by atoms with Gasteiger partial charge in [-0.1, -0.05) is 18.1 Å². The van der Waals surface area contributed by atoms with E-state index in [0.29, 0.717) is 12.2 Å². The van der Waals surface area contributed by atoms with Crippen molar-refractivity contribution in [2.45, 2.75) is 13.0 Å². The van der Waals surface area contributed by atoms with Gasteiger partial charge in [0.1, 0.15) is 11.8 Å². The average Bonchev–Trinajstić information content (AvgIpc) is 2.30. The summed E-state index contributed by atoms with van der Waals surface area (Å²) < 4.78 is 4.94. The van der Waals surface area contributed by atoms with Crippen molar-refractivity contribution in [1.82, 2.24) is 5.32 Å². The van der Waals surface area contributed by atoms with E-state index in [1.165, 1.54) is 12.1 Å². The summed E-state index contributed by atoms with van der Waals surface area (Å²) in [7, 11) is 0. The molecule has 1 aromatic carbocycles. The second kappa shape index (κ2) is 6.56. The van der Waals surface area contributed by atoms with Crippen molar-refractivity contribution in [3.63, 3.8) is 0 Å². The molecule has 0 aromatic heterocycles. The van der Waals surface area contributed by atoms with Crippen LogP contribution < -0.4 is 5.32 Å². The van der Waals surface area contributed by atoms with Crippen LogP contribution in [-0.4, -0.2) is 24.2 Å². The minimum Gasteiger partial charge on any atom is -0.508 e. The molecule has 0 spiro atoms. The number of benzene rings is 1. The summed E-state index contributed by atoms with van der Waals surface area (Å²) in [6, 6.07) is 5.77. The molecule has 0 amide bonds. The molecule has 0 saturated carbocycles. The molecule has 0 bridgehead atoms. The molecule has 90 valence electrons. The molecule has 0 radical (unpaired) electrons. The van der Waals surface area contributed by atoms with Crippen LogP contribution in [0.4, 0.5) is 0 Å². The van der Waals surface area contributed by atoms with Crippen LogP contribution in [0.1, 0.15) is 18.5 Å². The van der Waals surface area contributed by atoms with E-state index in [2.05, 4.69) is 11.2 Å². The number of phenolic OH excluding ortho intramolecular Hbond substituents is 1. The zero-order chi connectivity index (χ0) is 12.7. The van der Waals surface area contributed by atoms with Crippen molar-refractivity contribution in [3.05, 3.63) is 29.8 Å². The van der Waals surface area contributed by atoms with E-state index in [4.69, 9.17) is 11.2 Å². The smallest absolute Gasteiger partial charge is 0.327 e. The summed E-state index contributed by atoms with van der Waals surface area (Å²) in [5.74, 6) is 2.09. The van der Waals surface area contributed by atoms with Gasteiger partial charge in [0.25, 0.3) is 0 Å². The minimum atomic E-state index is -0.655. The van der Waals surface area contributed by atoms with E-state index < -0.39 is 12.0 Å². The van der Waals surface area contributed by atoms with Crippen molar-refractivity contribution in [3.8, 4) is 18.1 Å². The van der Waals surface area contributed by atoms with Gasteiger partial charge in [-0.2, -0.15) is 0 Å². The maximum absolute atomic E-state index is 11.7. The monoisotopic (exact) mass is 233 g/mol. The summed E-state index contributed by atoms with van der Waals surface area (Å²) in [6.45, 7) is 2.28. The maximum atomic E-state index is 11.7. The van der Waals surface area contributed by atoms with E-state index in [1.807, 2.05) is 0 Å². The number of esters is 1. The highest BCUT2D eigenvalue weighted by atomic mass is 16.5. The number of rotatable bonds is 5. The number of ether oxygens (including phenoxy) is 1. The molecular weight excluding hydrogens is 218 g/mol. The van der Waals surface area contributed by atoms with E-state index in [-0.39, 0.29) is 12.3 Å². The van der Waals surface area contributed by atoms with E-state index in [0.717, 1.165) is 0 Å². The van der Waals surface area contributed by atoms with Gasteiger partial charge in [0.15, 0.2) is 0 Å². The fourth-order valence-electron chi connectivity index (χ4n) is 1.43. The first kappa shape index (κ1) is 13.1. The Labute approximate surface area is 101 Å². The summed E-state index contributed by atoms with van der Waals surface area (Å²) in [5.41, 5.74) is 0.624. The van der Waals surface area contributed by atoms with Gasteiger partial charge in [-0.05, 0) is 24.6 Å². The second-order valence-corrected chi connectivity index (χ2v) is 3.37. The summed E-state index contributed by atoms with van der Waals surface area (Å²) >= 11 is 0. The SMILES string of the molecule is C#CCNC(C(=O)OCC)c1cccc(O)c1. The number of hydrogen-bond acceptors (Lipinski definition) is 4. The zero-order valence-corrected chi connectivity index (χ0v) is 9.64. The predicted octanol–water partition coefficient (Wildman–Crippen LogP) is 1.22. The fraction of sp³-hybridized carbons (Fsp3) is 0.308. The normalized spacial score (nSPS) is 11.5. The van der Waals surface area contributed by atoms with Crippen molar-refractivity contribution >= 4 is 5.97 Å². The lowest BCUT2D eigenvalue weighted by molar-refractivity contribution is -0.145. The Hall–Kier alpha value is -1.99. The van der Waals surface area contributed by atoms with Gasteiger partial charge in [-0.3, -0.25) is 5.32 Å². The zero-order valence-electron chi connectivity index (χ0n) is 9.64. The summed E-state index contributed by atoms with van der Waals surface area (Å²) in [6.07, 6.45) is 5.14. The number of phenols is 1. The van der Waals surface area contributed by atoms with E-state index in [1.54, 1.807) is 19.1 Å². The number of carbonyl (C=O) groups excluding carboxylic acids is 1. The van der Waals surface area contributed by atoms with E-state index >= 15 is 0 Å². The lowest BCUT2D eigenvalue weighted by atomic mass is 10.1. The summed E-state index contributed by atoms with van der Waals surface area (Å²) in [5, 5.41) is 12.3. The van der Waals surface area contributed by atoms with Gasteiger partial charge in [-0.15, -0.1) is 6.42 Å². The first-order valence-corrected chi connectivity index (χ1v) is 5.31. The van der Waals surface area contributed by atoms with Crippen LogP contribution in [0.15, 0.2) is 24.3 Å². The van der Waals surface area contributed by atoms with Crippen molar-refractivity contribution < 1.29 is 14.6 Å². The predicted molar refractivity (Wildman–Crippen MR) is 64.3 cm³/mol. The van der Waals surface area contributed by atoms with Gasteiger partial charge < -0.3 is 9.84 Å². The van der Waals surface area contributed by atoms with Crippen LogP contribution >= 0.6 is 0 Å². The number of terminal acetylenes is 1. The first-order chi connectivity index (χ1) is 8.19. The molecule has 1 aromatic rings. The van der Waals surface area contributed by atoms with Crippen LogP contribution in [0.25, 0.3) is 0 Å². The molecule has 1 unspecified atom stereocenters. The lowest BCUT2D eigenvalue weighted by Gasteiger charge is -2.16. The Balaban J connectivity index is 2.89. The molecule has 0 aliphatic heterocycles. The van der Waals surface area contributed by atoms with Crippen LogP contribution in [0.3, 0.4) is 0 Å². The highest BCUT2D eigenvalue weighted by molar-refractivity contribution is 5.77. The van der Waals surface area contributed by atoms with E-state index in [9.17, 15) is 9.90 Å². The molecule has 4 nitrogen and oxygen atoms in total. The van der Waals surface area contributed by atoms with Crippen molar-refractivity contribution in [2.24, 2.45) is 0 Å². The Morgan fingerprint density at radius 3 is 3.00 bits per heavy atom. The Morgan fingerprint density at radius 1 is 1.65 bits per heavy atom. The maximum Gasteiger partial charge on any atom is 0.327 e. The highest BCUT2D eigenvalue weighted by Crippen LogP contribution is 2.19. The van der Waals surface area contributed by atoms with Gasteiger partial charge in [0.2, 0.25) is 0 Å². The second-order valence-electron chi connectivity index (χ2n) is 3.37. The molecule has 0 aliphatic rings. The first-order valence-electron chi connectivity index (χ1n) is 5.31. The molecule has 0 aliphatic carbocycles. The molecule has 17 heavy (non-hydrogen) atoms. The third-order valence-electron chi connectivity index (χ3n) is 2.13. The Morgan fingerprint density at radius 2 is 2.41 bits per heavy atom. The van der Waals surface area contributed by atoms with Crippen molar-refractivity contribution in [1.29, 1.82) is 0 Å². The molecular formula is C13H15NO3. The Kier molecular flexibility index (Phi) is 5.05. The average molecular weight is 233 g/mol. The quantitative estimate of drug-likeness (QED) is 0.593. The van der Waals surface area contributed by atoms with Gasteiger partial charge in [0, 0.05) is 0 Å². The molecule has 1 rings (SSSR count). The molecule has 0 heterocycles. The lowest BCUT2D eigenvalue weighted by Crippen LogP contribution is -2.30. The van der Waals surface area contributed by atoms with Crippen LogP contribution in [0, 0.1) is 12.3 Å². The third kappa shape index (κ3) is 3.82. The number of nitrogens with one attached hydrogen (secondary N) is 1. The third-order valence-corrected chi connectivity index (χ3v) is 2.13. The highest BCUT2D eigenvalue weighted by Gasteiger charge is 2.21. The Bertz CT molecular complexity index is 423. The van der Waals surface area contributed by atoms with Gasteiger partial charge in [0.05, 0.1) is 13.2 Å². The molecule has 0 fully saturated rings. The summed E-state index contributed by atoms with van der Waals surface area (Å²) in [4.78, 5) is 11.7. The van der Waals surface area contributed by atoms with Crippen LogP contribution in [0.2, 0.25) is 0 Å². The topological polar surface area (TPSA) is 58.6 Å². The van der Waals surface area contributed by atoms with Crippen LogP contribution in [-0.2, 0) is 9.53 Å². The number of carbonyl (C=O) groups is 1. The van der Waals surface area contributed by atoms with Gasteiger partial charge >= 0.3 is 5.97 Å². The standard InChI is InChI=1S/C13H15NO3/c1-3-8-14-12(13(16)17-4-2)10-6-5-7-11(15)9-10/h1,5-7,9,12,14-15H,4,8H2,2H3. The van der Waals surface area contributed by atoms with Gasteiger partial charge in [-0.25, -0.2) is 4.79 Å². The fourth-order valence-corrected chi connectivity index (χ4v) is 1.43. The van der Waals surface area contributed by atoms with Crippen molar-refractivity contribution in [2.75, 3.05) is 13.2 Å². The van der Waals surface area contributed by atoms with Crippen LogP contribution in [0.5, 0.6) is 5.75 Å². The molecule has 0 saturated heterocycles. The molecule has 1 atom stereocenters. The molecule has 2 N–H and O–H groups in total.